The van der Waals surface area contributed by atoms with Crippen molar-refractivity contribution in [3.8, 4) is 0 Å². The normalized spacial score (nSPS) is 11.4. The Morgan fingerprint density at radius 3 is 2.26 bits per heavy atom. The first-order chi connectivity index (χ1) is 9.31. The van der Waals surface area contributed by atoms with E-state index in [4.69, 9.17) is 5.73 Å². The van der Waals surface area contributed by atoms with E-state index in [1.54, 1.807) is 0 Å². The summed E-state index contributed by atoms with van der Waals surface area (Å²) in [4.78, 5) is 0. The highest BCUT2D eigenvalue weighted by atomic mass is 15.1. The number of nitrogens with two attached hydrogens (primary N) is 1. The maximum absolute atomic E-state index is 5.68. The Labute approximate surface area is 109 Å². The van der Waals surface area contributed by atoms with Crippen LogP contribution in [0, 0.1) is 0 Å². The Bertz CT molecular complexity index is 929. The molecule has 0 aliphatic rings. The monoisotopic (exact) mass is 245 g/mol. The van der Waals surface area contributed by atoms with Crippen LogP contribution in [0.3, 0.4) is 0 Å². The van der Waals surface area contributed by atoms with Crippen LogP contribution in [0.25, 0.3) is 32.4 Å². The van der Waals surface area contributed by atoms with Gasteiger partial charge in [-0.3, -0.25) is 0 Å². The summed E-state index contributed by atoms with van der Waals surface area (Å²) < 4.78 is 0. The fourth-order valence-corrected chi connectivity index (χ4v) is 2.54. The van der Waals surface area contributed by atoms with Gasteiger partial charge >= 0.3 is 0 Å². The van der Waals surface area contributed by atoms with Crippen molar-refractivity contribution in [2.45, 2.75) is 0 Å². The third kappa shape index (κ3) is 1.52. The maximum atomic E-state index is 5.68. The first-order valence-corrected chi connectivity index (χ1v) is 6.16. The molecular weight excluding hydrogens is 234 g/mol. The maximum Gasteiger partial charge on any atom is 0.146 e. The average molecular weight is 245 g/mol. The minimum absolute atomic E-state index is 0.452. The van der Waals surface area contributed by atoms with Gasteiger partial charge in [-0.05, 0) is 34.4 Å². The summed E-state index contributed by atoms with van der Waals surface area (Å²) in [6, 6.07) is 18.7. The van der Waals surface area contributed by atoms with Crippen molar-refractivity contribution in [3.05, 3.63) is 54.6 Å². The van der Waals surface area contributed by atoms with E-state index >= 15 is 0 Å². The molecule has 3 nitrogen and oxygen atoms in total. The first-order valence-electron chi connectivity index (χ1n) is 6.16. The van der Waals surface area contributed by atoms with E-state index in [1.165, 1.54) is 16.2 Å². The first kappa shape index (κ1) is 10.3. The molecular formula is C16H11N3. The van der Waals surface area contributed by atoms with Crippen LogP contribution in [-0.4, -0.2) is 10.2 Å². The lowest BCUT2D eigenvalue weighted by molar-refractivity contribution is 1.09. The lowest BCUT2D eigenvalue weighted by Gasteiger charge is -2.05. The molecule has 1 aromatic heterocycles. The van der Waals surface area contributed by atoms with E-state index < -0.39 is 0 Å². The third-order valence-corrected chi connectivity index (χ3v) is 3.46. The molecule has 2 N–H and O–H groups in total. The topological polar surface area (TPSA) is 51.8 Å². The summed E-state index contributed by atoms with van der Waals surface area (Å²) in [6.45, 7) is 0. The lowest BCUT2D eigenvalue weighted by atomic mass is 10.0. The Morgan fingerprint density at radius 1 is 0.684 bits per heavy atom. The van der Waals surface area contributed by atoms with Crippen LogP contribution in [0.15, 0.2) is 54.6 Å². The molecule has 0 saturated heterocycles. The van der Waals surface area contributed by atoms with Crippen molar-refractivity contribution in [3.63, 3.8) is 0 Å². The van der Waals surface area contributed by atoms with E-state index in [9.17, 15) is 0 Å². The Balaban J connectivity index is 2.22. The van der Waals surface area contributed by atoms with Crippen LogP contribution in [0.1, 0.15) is 0 Å². The predicted octanol–water partition coefficient (Wildman–Crippen LogP) is 3.52. The highest BCUT2D eigenvalue weighted by Gasteiger charge is 2.04. The molecule has 0 atom stereocenters. The van der Waals surface area contributed by atoms with Crippen molar-refractivity contribution in [1.82, 2.24) is 10.2 Å². The molecule has 1 heterocycles. The number of hydrogen-bond donors (Lipinski definition) is 1. The second-order valence-electron chi connectivity index (χ2n) is 4.69. The Hall–Kier alpha value is -2.68. The van der Waals surface area contributed by atoms with Gasteiger partial charge in [0, 0.05) is 10.8 Å². The lowest BCUT2D eigenvalue weighted by Crippen LogP contribution is -1.93. The number of nitrogen functional groups attached to an aromatic ring is 1. The third-order valence-electron chi connectivity index (χ3n) is 3.46. The molecule has 0 radical (unpaired) electrons. The number of hydrogen-bond acceptors (Lipinski definition) is 3. The molecule has 0 amide bonds. The highest BCUT2D eigenvalue weighted by molar-refractivity contribution is 6.10. The zero-order chi connectivity index (χ0) is 12.8. The highest BCUT2D eigenvalue weighted by Crippen LogP contribution is 2.28. The fraction of sp³-hybridized carbons (Fsp3) is 0. The van der Waals surface area contributed by atoms with Gasteiger partial charge in [-0.25, -0.2) is 0 Å². The quantitative estimate of drug-likeness (QED) is 0.381. The molecule has 0 saturated carbocycles. The number of anilines is 1. The minimum Gasteiger partial charge on any atom is -0.382 e. The van der Waals surface area contributed by atoms with E-state index in [-0.39, 0.29) is 0 Å². The van der Waals surface area contributed by atoms with E-state index in [0.717, 1.165) is 16.3 Å². The average Bonchev–Trinajstić information content (AvgIpc) is 2.44. The molecule has 4 rings (SSSR count). The molecule has 0 bridgehead atoms. The van der Waals surface area contributed by atoms with Gasteiger partial charge in [-0.1, -0.05) is 36.4 Å². The minimum atomic E-state index is 0.452. The van der Waals surface area contributed by atoms with E-state index in [1.807, 2.05) is 18.2 Å². The fourth-order valence-electron chi connectivity index (χ4n) is 2.54. The Morgan fingerprint density at radius 2 is 1.42 bits per heavy atom. The number of rotatable bonds is 0. The molecule has 0 fully saturated rings. The van der Waals surface area contributed by atoms with Gasteiger partial charge < -0.3 is 5.73 Å². The second-order valence-corrected chi connectivity index (χ2v) is 4.69. The molecule has 0 spiro atoms. The molecule has 0 aliphatic heterocycles. The summed E-state index contributed by atoms with van der Waals surface area (Å²) in [5, 5.41) is 14.0. The van der Waals surface area contributed by atoms with Crippen LogP contribution in [-0.2, 0) is 0 Å². The van der Waals surface area contributed by atoms with Crippen molar-refractivity contribution >= 4 is 38.3 Å². The molecule has 3 aromatic carbocycles. The van der Waals surface area contributed by atoms with Crippen LogP contribution >= 0.6 is 0 Å². The molecule has 3 heteroatoms. The number of aromatic nitrogens is 2. The van der Waals surface area contributed by atoms with Crippen molar-refractivity contribution in [1.29, 1.82) is 0 Å². The van der Waals surface area contributed by atoms with Gasteiger partial charge in [0.05, 0.1) is 0 Å². The number of benzene rings is 3. The van der Waals surface area contributed by atoms with Gasteiger partial charge in [-0.2, -0.15) is 0 Å². The van der Waals surface area contributed by atoms with Crippen LogP contribution in [0.5, 0.6) is 0 Å². The van der Waals surface area contributed by atoms with E-state index in [2.05, 4.69) is 46.6 Å². The molecule has 4 aromatic rings. The zero-order valence-corrected chi connectivity index (χ0v) is 10.2. The van der Waals surface area contributed by atoms with Crippen molar-refractivity contribution in [2.75, 3.05) is 5.73 Å². The zero-order valence-electron chi connectivity index (χ0n) is 10.2. The van der Waals surface area contributed by atoms with Gasteiger partial charge in [0.1, 0.15) is 11.3 Å². The smallest absolute Gasteiger partial charge is 0.146 e. The largest absolute Gasteiger partial charge is 0.382 e. The molecule has 0 unspecified atom stereocenters. The summed E-state index contributed by atoms with van der Waals surface area (Å²) in [6.07, 6.45) is 0. The number of nitrogens with zero attached hydrogens (tertiary/aromatic N) is 2. The van der Waals surface area contributed by atoms with Gasteiger partial charge in [0.25, 0.3) is 0 Å². The van der Waals surface area contributed by atoms with Crippen LogP contribution < -0.4 is 5.73 Å². The summed E-state index contributed by atoms with van der Waals surface area (Å²) in [5.41, 5.74) is 6.59. The molecule has 19 heavy (non-hydrogen) atoms. The van der Waals surface area contributed by atoms with Crippen LogP contribution in [0.4, 0.5) is 5.82 Å². The van der Waals surface area contributed by atoms with Crippen molar-refractivity contribution < 1.29 is 0 Å². The molecule has 90 valence electrons. The summed E-state index contributed by atoms with van der Waals surface area (Å²) in [7, 11) is 0. The van der Waals surface area contributed by atoms with Gasteiger partial charge in [0.15, 0.2) is 0 Å². The number of fused-ring (bicyclic) bond motifs is 4. The summed E-state index contributed by atoms with van der Waals surface area (Å²) >= 11 is 0. The van der Waals surface area contributed by atoms with E-state index in [0.29, 0.717) is 5.82 Å². The van der Waals surface area contributed by atoms with Gasteiger partial charge in [0.2, 0.25) is 0 Å². The van der Waals surface area contributed by atoms with Crippen molar-refractivity contribution in [2.24, 2.45) is 0 Å². The standard InChI is InChI=1S/C16H11N3/c17-15-9-13-6-5-12-7-10-3-1-2-4-11(10)8-14(12)16(13)19-18-15/h1-9H,(H2,17,18). The predicted molar refractivity (Wildman–Crippen MR) is 79.0 cm³/mol. The summed E-state index contributed by atoms with van der Waals surface area (Å²) in [5.74, 6) is 0.452. The van der Waals surface area contributed by atoms with Crippen LogP contribution in [0.2, 0.25) is 0 Å². The van der Waals surface area contributed by atoms with Gasteiger partial charge in [-0.15, -0.1) is 10.2 Å². The Kier molecular flexibility index (Phi) is 1.97. The second kappa shape index (κ2) is 3.65. The SMILES string of the molecule is Nc1cc2ccc3cc4ccccc4cc3c2nn1. The molecule has 0 aliphatic carbocycles.